The van der Waals surface area contributed by atoms with E-state index in [-0.39, 0.29) is 5.78 Å². The van der Waals surface area contributed by atoms with E-state index in [0.717, 1.165) is 68.4 Å². The molecule has 0 amide bonds. The van der Waals surface area contributed by atoms with Crippen molar-refractivity contribution in [3.05, 3.63) is 113 Å². The van der Waals surface area contributed by atoms with Gasteiger partial charge in [0, 0.05) is 43.9 Å². The van der Waals surface area contributed by atoms with Crippen LogP contribution >= 0.6 is 11.3 Å². The lowest BCUT2D eigenvalue weighted by Crippen LogP contribution is -2.59. The fourth-order valence-electron chi connectivity index (χ4n) is 7.22. The Labute approximate surface area is 292 Å². The summed E-state index contributed by atoms with van der Waals surface area (Å²) in [6.07, 6.45) is 2.47. The molecule has 5 nitrogen and oxygen atoms in total. The van der Waals surface area contributed by atoms with Crippen LogP contribution in [-0.2, 0) is 13.2 Å². The van der Waals surface area contributed by atoms with Crippen molar-refractivity contribution in [2.45, 2.75) is 65.3 Å². The van der Waals surface area contributed by atoms with Crippen molar-refractivity contribution in [3.63, 3.8) is 0 Å². The van der Waals surface area contributed by atoms with Crippen molar-refractivity contribution in [2.24, 2.45) is 0 Å². The maximum absolute atomic E-state index is 14.6. The lowest BCUT2D eigenvalue weighted by molar-refractivity contribution is 0.104. The molecule has 0 N–H and O–H groups in total. The summed E-state index contributed by atoms with van der Waals surface area (Å²) >= 11 is 1.66. The van der Waals surface area contributed by atoms with E-state index in [1.54, 1.807) is 18.4 Å². The zero-order valence-electron chi connectivity index (χ0n) is 29.4. The molecule has 0 aliphatic carbocycles. The van der Waals surface area contributed by atoms with Crippen LogP contribution in [0.3, 0.4) is 0 Å². The van der Waals surface area contributed by atoms with E-state index in [2.05, 4.69) is 96.9 Å². The summed E-state index contributed by atoms with van der Waals surface area (Å²) < 4.78 is 15.8. The average molecular weight is 693 g/mol. The molecule has 1 saturated heterocycles. The van der Waals surface area contributed by atoms with Gasteiger partial charge in [0.05, 0.1) is 7.11 Å². The lowest BCUT2D eigenvalue weighted by Gasteiger charge is -2.46. The van der Waals surface area contributed by atoms with E-state index in [4.69, 9.17) is 9.47 Å². The van der Waals surface area contributed by atoms with Gasteiger partial charge in [-0.3, -0.25) is 9.69 Å². The minimum atomic E-state index is -1.61. The van der Waals surface area contributed by atoms with E-state index in [1.165, 1.54) is 18.5 Å². The smallest absolute Gasteiger partial charge is 0.195 e. The quantitative estimate of drug-likeness (QED) is 0.0962. The van der Waals surface area contributed by atoms with Gasteiger partial charge in [-0.25, -0.2) is 0 Å². The number of fused-ring (bicyclic) bond motifs is 1. The molecule has 250 valence electrons. The predicted molar refractivity (Wildman–Crippen MR) is 208 cm³/mol. The van der Waals surface area contributed by atoms with Gasteiger partial charge in [0.2, 0.25) is 0 Å². The second-order valence-corrected chi connectivity index (χ2v) is 25.9. The van der Waals surface area contributed by atoms with Crippen LogP contribution in [0.25, 0.3) is 20.5 Å². The highest BCUT2D eigenvalue weighted by Gasteiger charge is 2.34. The van der Waals surface area contributed by atoms with Gasteiger partial charge in [-0.15, -0.1) is 11.3 Å². The third-order valence-corrected chi connectivity index (χ3v) is 17.4. The Morgan fingerprint density at radius 1 is 0.833 bits per heavy atom. The number of ether oxygens (including phenoxy) is 2. The number of anilines is 1. The van der Waals surface area contributed by atoms with Crippen LogP contribution in [0.1, 0.15) is 39.9 Å². The van der Waals surface area contributed by atoms with Gasteiger partial charge in [-0.2, -0.15) is 0 Å². The molecule has 0 saturated carbocycles. The number of methoxy groups -OCH3 is 1. The van der Waals surface area contributed by atoms with Crippen molar-refractivity contribution in [1.29, 1.82) is 0 Å². The summed E-state index contributed by atoms with van der Waals surface area (Å²) in [5, 5.41) is 0.946. The first-order valence-corrected chi connectivity index (χ1v) is 24.7. The number of carbonyl (C=O) groups excluding carboxylic acids is 1. The number of hydrogen-bond acceptors (Lipinski definition) is 6. The third-order valence-electron chi connectivity index (χ3n) is 9.01. The van der Waals surface area contributed by atoms with Gasteiger partial charge in [-0.1, -0.05) is 93.9 Å². The molecule has 0 radical (unpaired) electrons. The summed E-state index contributed by atoms with van der Waals surface area (Å²) in [6, 6.07) is 31.2. The number of ketones is 1. The lowest BCUT2D eigenvalue weighted by atomic mass is 9.96. The van der Waals surface area contributed by atoms with E-state index < -0.39 is 16.5 Å². The molecule has 1 aromatic heterocycles. The number of likely N-dealkylation sites (tertiary alicyclic amines) is 1. The Bertz CT molecular complexity index is 1870. The Hall–Kier alpha value is -3.70. The van der Waals surface area contributed by atoms with Crippen LogP contribution in [0.15, 0.2) is 91.0 Å². The van der Waals surface area contributed by atoms with Gasteiger partial charge >= 0.3 is 0 Å². The predicted octanol–water partition coefficient (Wildman–Crippen LogP) is 10.5. The number of thiophene rings is 1. The molecular formula is C40H48N2O3SSi2. The summed E-state index contributed by atoms with van der Waals surface area (Å²) in [7, 11) is -1.52. The number of rotatable bonds is 12. The Morgan fingerprint density at radius 2 is 1.52 bits per heavy atom. The van der Waals surface area contributed by atoms with E-state index in [0.29, 0.717) is 12.2 Å². The fraction of sp³-hybridized carbons (Fsp3) is 0.325. The monoisotopic (exact) mass is 692 g/mol. The van der Waals surface area contributed by atoms with Gasteiger partial charge < -0.3 is 13.7 Å². The Kier molecular flexibility index (Phi) is 9.99. The van der Waals surface area contributed by atoms with Crippen LogP contribution in [0.5, 0.6) is 11.5 Å². The SMILES string of the molecule is COc1cc(C(=O)c2c(-c3ccc(N([Si](C)(C)C)[Si](C)(C)C)cc3)sc3cc(OCc4ccccc4)ccc23)ccc1CN1CCCC1. The van der Waals surface area contributed by atoms with E-state index in [1.807, 2.05) is 42.5 Å². The largest absolute Gasteiger partial charge is 0.496 e. The Balaban J connectivity index is 1.40. The molecule has 0 bridgehead atoms. The van der Waals surface area contributed by atoms with Crippen molar-refractivity contribution >= 4 is 49.4 Å². The molecule has 1 aliphatic heterocycles. The molecule has 5 aromatic rings. The molecule has 0 unspecified atom stereocenters. The normalized spacial score (nSPS) is 14.0. The highest BCUT2D eigenvalue weighted by molar-refractivity contribution is 7.22. The molecule has 8 heteroatoms. The zero-order chi connectivity index (χ0) is 34.1. The second kappa shape index (κ2) is 14.0. The number of carbonyl (C=O) groups is 1. The average Bonchev–Trinajstić information content (AvgIpc) is 3.71. The Morgan fingerprint density at radius 3 is 2.17 bits per heavy atom. The minimum Gasteiger partial charge on any atom is -0.496 e. The topological polar surface area (TPSA) is 42.0 Å². The molecule has 1 fully saturated rings. The summed E-state index contributed by atoms with van der Waals surface area (Å²) in [4.78, 5) is 18.0. The van der Waals surface area contributed by atoms with E-state index >= 15 is 0 Å². The summed E-state index contributed by atoms with van der Waals surface area (Å²) in [5.41, 5.74) is 5.95. The van der Waals surface area contributed by atoms with Gasteiger partial charge in [0.15, 0.2) is 5.78 Å². The van der Waals surface area contributed by atoms with Crippen LogP contribution < -0.4 is 13.7 Å². The first kappa shape index (κ1) is 34.2. The molecule has 6 rings (SSSR count). The molecule has 0 atom stereocenters. The van der Waals surface area contributed by atoms with Gasteiger partial charge in [0.1, 0.15) is 34.6 Å². The molecule has 4 aromatic carbocycles. The third kappa shape index (κ3) is 7.47. The number of hydrogen-bond donors (Lipinski definition) is 0. The second-order valence-electron chi connectivity index (χ2n) is 14.8. The maximum atomic E-state index is 14.6. The first-order valence-electron chi connectivity index (χ1n) is 17.0. The molecule has 0 spiro atoms. The van der Waals surface area contributed by atoms with Crippen molar-refractivity contribution < 1.29 is 14.3 Å². The van der Waals surface area contributed by atoms with Crippen molar-refractivity contribution in [1.82, 2.24) is 4.90 Å². The number of benzene rings is 4. The highest BCUT2D eigenvalue weighted by atomic mass is 32.1. The fourth-order valence-corrected chi connectivity index (χ4v) is 18.4. The van der Waals surface area contributed by atoms with Crippen molar-refractivity contribution in [3.8, 4) is 21.9 Å². The van der Waals surface area contributed by atoms with Crippen LogP contribution in [-0.4, -0.2) is 47.4 Å². The highest BCUT2D eigenvalue weighted by Crippen LogP contribution is 2.43. The maximum Gasteiger partial charge on any atom is 0.195 e. The van der Waals surface area contributed by atoms with E-state index in [9.17, 15) is 4.79 Å². The zero-order valence-corrected chi connectivity index (χ0v) is 32.2. The molecule has 2 heterocycles. The van der Waals surface area contributed by atoms with Gasteiger partial charge in [0.25, 0.3) is 0 Å². The summed E-state index contributed by atoms with van der Waals surface area (Å²) in [6.45, 7) is 18.1. The first-order chi connectivity index (χ1) is 22.9. The summed E-state index contributed by atoms with van der Waals surface area (Å²) in [5.74, 6) is 1.57. The minimum absolute atomic E-state index is 0.00938. The standard InChI is InChI=1S/C40H48N2O3SSi2/c1-44-36-25-31(15-16-32(36)27-41-23-11-12-24-41)39(43)38-35-22-21-34(45-28-29-13-9-8-10-14-29)26-37(35)46-40(38)30-17-19-33(20-18-30)42(47(2,3)4)48(5,6)7/h8-10,13-22,25-26H,11-12,23-24,27-28H2,1-7H3. The van der Waals surface area contributed by atoms with Crippen LogP contribution in [0.2, 0.25) is 39.3 Å². The molecular weight excluding hydrogens is 645 g/mol. The number of nitrogens with zero attached hydrogens (tertiary/aromatic N) is 2. The molecule has 1 aliphatic rings. The molecule has 48 heavy (non-hydrogen) atoms. The van der Waals surface area contributed by atoms with Crippen molar-refractivity contribution in [2.75, 3.05) is 24.4 Å². The van der Waals surface area contributed by atoms with Gasteiger partial charge in [-0.05, 0) is 73.5 Å². The van der Waals surface area contributed by atoms with Crippen LogP contribution in [0, 0.1) is 0 Å². The van der Waals surface area contributed by atoms with Crippen LogP contribution in [0.4, 0.5) is 5.69 Å².